The van der Waals surface area contributed by atoms with Gasteiger partial charge in [0.1, 0.15) is 6.04 Å². The van der Waals surface area contributed by atoms with Gasteiger partial charge in [-0.25, -0.2) is 0 Å². The van der Waals surface area contributed by atoms with Crippen LogP contribution in [0.25, 0.3) is 0 Å². The summed E-state index contributed by atoms with van der Waals surface area (Å²) in [6.45, 7) is 1.54. The van der Waals surface area contributed by atoms with E-state index in [-0.39, 0.29) is 19.0 Å². The molecule has 3 nitrogen and oxygen atoms in total. The van der Waals surface area contributed by atoms with Crippen molar-refractivity contribution >= 4 is 5.91 Å². The van der Waals surface area contributed by atoms with Gasteiger partial charge in [0.25, 0.3) is 0 Å². The maximum absolute atomic E-state index is 12.2. The van der Waals surface area contributed by atoms with E-state index < -0.39 is 12.2 Å². The van der Waals surface area contributed by atoms with Gasteiger partial charge < -0.3 is 10.2 Å². The van der Waals surface area contributed by atoms with Gasteiger partial charge in [-0.05, 0) is 0 Å². The molecule has 0 aromatic heterocycles. The number of hydrogen-bond acceptors (Lipinski definition) is 2. The van der Waals surface area contributed by atoms with Crippen molar-refractivity contribution in [1.82, 2.24) is 10.2 Å². The lowest BCUT2D eigenvalue weighted by molar-refractivity contribution is -0.167. The first-order valence-electron chi connectivity index (χ1n) is 3.97. The Labute approximate surface area is 73.9 Å². The lowest BCUT2D eigenvalue weighted by Crippen LogP contribution is -2.57. The van der Waals surface area contributed by atoms with E-state index in [0.29, 0.717) is 6.54 Å². The van der Waals surface area contributed by atoms with Crippen LogP contribution in [0.5, 0.6) is 0 Å². The van der Waals surface area contributed by atoms with Crippen molar-refractivity contribution in [1.29, 1.82) is 0 Å². The summed E-state index contributed by atoms with van der Waals surface area (Å²) in [5.41, 5.74) is 0. The molecule has 1 atom stereocenters. The summed E-state index contributed by atoms with van der Waals surface area (Å²) >= 11 is 0. The average Bonchev–Trinajstić information content (AvgIpc) is 2.03. The molecule has 1 aliphatic heterocycles. The molecule has 1 saturated heterocycles. The van der Waals surface area contributed by atoms with E-state index in [0.717, 1.165) is 0 Å². The Balaban J connectivity index is 2.57. The number of halogens is 3. The fourth-order valence-electron chi connectivity index (χ4n) is 1.26. The lowest BCUT2D eigenvalue weighted by Gasteiger charge is -2.33. The molecule has 13 heavy (non-hydrogen) atoms. The second kappa shape index (κ2) is 3.53. The van der Waals surface area contributed by atoms with Crippen molar-refractivity contribution in [2.75, 3.05) is 19.6 Å². The number of amides is 1. The molecule has 0 unspecified atom stereocenters. The molecule has 1 rings (SSSR count). The molecule has 0 aromatic carbocycles. The molecule has 0 radical (unpaired) electrons. The largest absolute Gasteiger partial charge is 0.405 e. The van der Waals surface area contributed by atoms with Gasteiger partial charge in [0, 0.05) is 26.6 Å². The van der Waals surface area contributed by atoms with Crippen LogP contribution in [-0.4, -0.2) is 42.7 Å². The minimum absolute atomic E-state index is 0.198. The summed E-state index contributed by atoms with van der Waals surface area (Å²) in [6.07, 6.45) is -4.27. The van der Waals surface area contributed by atoms with Gasteiger partial charge in [0.05, 0.1) is 0 Å². The molecule has 1 amide bonds. The second-order valence-electron chi connectivity index (χ2n) is 3.01. The third-order valence-corrected chi connectivity index (χ3v) is 2.02. The number of carbonyl (C=O) groups excluding carboxylic acids is 1. The SMILES string of the molecule is CC(=O)N1CCN[C@H](C(F)(F)F)C1. The third-order valence-electron chi connectivity index (χ3n) is 2.02. The lowest BCUT2D eigenvalue weighted by atomic mass is 10.2. The van der Waals surface area contributed by atoms with Crippen molar-refractivity contribution in [3.63, 3.8) is 0 Å². The first kappa shape index (κ1) is 10.3. The number of rotatable bonds is 0. The molecule has 1 N–H and O–H groups in total. The smallest absolute Gasteiger partial charge is 0.340 e. The Hall–Kier alpha value is -0.780. The molecule has 1 fully saturated rings. The van der Waals surface area contributed by atoms with Crippen LogP contribution < -0.4 is 5.32 Å². The quantitative estimate of drug-likeness (QED) is 0.607. The fourth-order valence-corrected chi connectivity index (χ4v) is 1.26. The van der Waals surface area contributed by atoms with Crippen LogP contribution in [0.2, 0.25) is 0 Å². The molecular formula is C7H11F3N2O. The van der Waals surface area contributed by atoms with E-state index >= 15 is 0 Å². The summed E-state index contributed by atoms with van der Waals surface area (Å²) in [5, 5.41) is 2.32. The van der Waals surface area contributed by atoms with Gasteiger partial charge in [-0.2, -0.15) is 13.2 Å². The zero-order valence-corrected chi connectivity index (χ0v) is 7.19. The molecule has 0 bridgehead atoms. The van der Waals surface area contributed by atoms with Gasteiger partial charge in [-0.1, -0.05) is 0 Å². The van der Waals surface area contributed by atoms with Crippen molar-refractivity contribution in [3.8, 4) is 0 Å². The van der Waals surface area contributed by atoms with Crippen molar-refractivity contribution in [2.45, 2.75) is 19.1 Å². The zero-order chi connectivity index (χ0) is 10.1. The fraction of sp³-hybridized carbons (Fsp3) is 0.857. The van der Waals surface area contributed by atoms with E-state index in [1.807, 2.05) is 0 Å². The molecule has 0 aliphatic carbocycles. The molecule has 0 aromatic rings. The molecule has 6 heteroatoms. The van der Waals surface area contributed by atoms with E-state index in [2.05, 4.69) is 5.32 Å². The van der Waals surface area contributed by atoms with Crippen LogP contribution in [0.4, 0.5) is 13.2 Å². The highest BCUT2D eigenvalue weighted by Gasteiger charge is 2.42. The van der Waals surface area contributed by atoms with Gasteiger partial charge in [-0.15, -0.1) is 0 Å². The summed E-state index contributed by atoms with van der Waals surface area (Å²) in [7, 11) is 0. The highest BCUT2D eigenvalue weighted by molar-refractivity contribution is 5.73. The van der Waals surface area contributed by atoms with Crippen molar-refractivity contribution in [2.24, 2.45) is 0 Å². The Bertz CT molecular complexity index is 204. The van der Waals surface area contributed by atoms with Crippen LogP contribution in [0.1, 0.15) is 6.92 Å². The van der Waals surface area contributed by atoms with Crippen LogP contribution in [0.3, 0.4) is 0 Å². The van der Waals surface area contributed by atoms with Gasteiger partial charge in [0.2, 0.25) is 5.91 Å². The maximum Gasteiger partial charge on any atom is 0.405 e. The van der Waals surface area contributed by atoms with Crippen molar-refractivity contribution in [3.05, 3.63) is 0 Å². The van der Waals surface area contributed by atoms with Crippen LogP contribution in [-0.2, 0) is 4.79 Å². The Morgan fingerprint density at radius 2 is 2.15 bits per heavy atom. The van der Waals surface area contributed by atoms with E-state index in [4.69, 9.17) is 0 Å². The summed E-state index contributed by atoms with van der Waals surface area (Å²) in [4.78, 5) is 12.0. The van der Waals surface area contributed by atoms with Gasteiger partial charge in [0.15, 0.2) is 0 Å². The minimum atomic E-state index is -4.27. The first-order valence-corrected chi connectivity index (χ1v) is 3.97. The standard InChI is InChI=1S/C7H11F3N2O/c1-5(13)12-3-2-11-6(4-12)7(8,9)10/h6,11H,2-4H2,1H3/t6-/m0/s1. The number of nitrogens with one attached hydrogen (secondary N) is 1. The molecule has 76 valence electrons. The summed E-state index contributed by atoms with van der Waals surface area (Å²) in [6, 6.07) is -1.58. The average molecular weight is 196 g/mol. The van der Waals surface area contributed by atoms with Gasteiger partial charge in [-0.3, -0.25) is 4.79 Å². The predicted molar refractivity (Wildman–Crippen MR) is 40.1 cm³/mol. The molecular weight excluding hydrogens is 185 g/mol. The number of hydrogen-bond donors (Lipinski definition) is 1. The number of nitrogens with zero attached hydrogens (tertiary/aromatic N) is 1. The molecule has 1 aliphatic rings. The predicted octanol–water partition coefficient (Wildman–Crippen LogP) is 0.369. The number of carbonyl (C=O) groups is 1. The normalized spacial score (nSPS) is 24.6. The Kier molecular flexibility index (Phi) is 2.80. The molecule has 0 saturated carbocycles. The van der Waals surface area contributed by atoms with Crippen molar-refractivity contribution < 1.29 is 18.0 Å². The maximum atomic E-state index is 12.2. The topological polar surface area (TPSA) is 32.3 Å². The molecule has 0 spiro atoms. The zero-order valence-electron chi connectivity index (χ0n) is 7.19. The summed E-state index contributed by atoms with van der Waals surface area (Å²) in [5.74, 6) is -0.309. The van der Waals surface area contributed by atoms with Crippen LogP contribution >= 0.6 is 0 Å². The number of piperazine rings is 1. The number of alkyl halides is 3. The van der Waals surface area contributed by atoms with E-state index in [9.17, 15) is 18.0 Å². The monoisotopic (exact) mass is 196 g/mol. The van der Waals surface area contributed by atoms with Crippen LogP contribution in [0.15, 0.2) is 0 Å². The van der Waals surface area contributed by atoms with Gasteiger partial charge >= 0.3 is 6.18 Å². The van der Waals surface area contributed by atoms with E-state index in [1.54, 1.807) is 0 Å². The second-order valence-corrected chi connectivity index (χ2v) is 3.01. The first-order chi connectivity index (χ1) is 5.91. The Morgan fingerprint density at radius 3 is 2.62 bits per heavy atom. The van der Waals surface area contributed by atoms with Crippen LogP contribution in [0, 0.1) is 0 Å². The third kappa shape index (κ3) is 2.58. The highest BCUT2D eigenvalue weighted by atomic mass is 19.4. The van der Waals surface area contributed by atoms with E-state index in [1.165, 1.54) is 11.8 Å². The minimum Gasteiger partial charge on any atom is -0.340 e. The Morgan fingerprint density at radius 1 is 1.54 bits per heavy atom. The highest BCUT2D eigenvalue weighted by Crippen LogP contribution is 2.22. The molecule has 1 heterocycles. The summed E-state index contributed by atoms with van der Waals surface area (Å²) < 4.78 is 36.5.